The zero-order chi connectivity index (χ0) is 17.8. The van der Waals surface area contributed by atoms with Crippen LogP contribution in [0, 0.1) is 0 Å². The topological polar surface area (TPSA) is 97.5 Å². The van der Waals surface area contributed by atoms with Crippen molar-refractivity contribution in [2.75, 3.05) is 18.8 Å². The lowest BCUT2D eigenvalue weighted by molar-refractivity contribution is -0.135. The van der Waals surface area contributed by atoms with E-state index in [-0.39, 0.29) is 30.3 Å². The molecule has 132 valence electrons. The van der Waals surface area contributed by atoms with Crippen LogP contribution < -0.4 is 5.14 Å². The van der Waals surface area contributed by atoms with Crippen molar-refractivity contribution in [3.8, 4) is 0 Å². The van der Waals surface area contributed by atoms with Gasteiger partial charge in [-0.3, -0.25) is 9.59 Å². The van der Waals surface area contributed by atoms with E-state index < -0.39 is 15.4 Å². The molecule has 0 aliphatic carbocycles. The van der Waals surface area contributed by atoms with Crippen molar-refractivity contribution in [1.29, 1.82) is 0 Å². The monoisotopic (exact) mass is 352 g/mol. The molecule has 1 aliphatic heterocycles. The highest BCUT2D eigenvalue weighted by molar-refractivity contribution is 7.89. The molecule has 7 heteroatoms. The number of primary sulfonamides is 1. The van der Waals surface area contributed by atoms with Gasteiger partial charge in [-0.15, -0.1) is 0 Å². The number of hydrogen-bond acceptors (Lipinski definition) is 4. The molecule has 0 unspecified atom stereocenters. The van der Waals surface area contributed by atoms with E-state index in [2.05, 4.69) is 0 Å². The second kappa shape index (κ2) is 7.44. The summed E-state index contributed by atoms with van der Waals surface area (Å²) in [5, 5.41) is 4.94. The second-order valence-corrected chi connectivity index (χ2v) is 8.09. The number of ketones is 1. The summed E-state index contributed by atoms with van der Waals surface area (Å²) in [7, 11) is -3.53. The fourth-order valence-corrected chi connectivity index (χ4v) is 3.87. The first kappa shape index (κ1) is 18.6. The predicted molar refractivity (Wildman–Crippen MR) is 91.8 cm³/mol. The van der Waals surface area contributed by atoms with Crippen LogP contribution in [-0.4, -0.2) is 43.9 Å². The number of nitrogens with zero attached hydrogens (tertiary/aromatic N) is 1. The van der Waals surface area contributed by atoms with E-state index in [0.29, 0.717) is 25.9 Å². The first-order valence-corrected chi connectivity index (χ1v) is 9.81. The Morgan fingerprint density at radius 3 is 2.25 bits per heavy atom. The Hall–Kier alpha value is -1.73. The van der Waals surface area contributed by atoms with Gasteiger partial charge in [-0.2, -0.15) is 0 Å². The van der Waals surface area contributed by atoms with Crippen LogP contribution >= 0.6 is 0 Å². The van der Waals surface area contributed by atoms with Crippen LogP contribution in [0.3, 0.4) is 0 Å². The van der Waals surface area contributed by atoms with Gasteiger partial charge < -0.3 is 4.90 Å². The predicted octanol–water partition coefficient (Wildman–Crippen LogP) is 1.20. The molecule has 2 N–H and O–H groups in total. The highest BCUT2D eigenvalue weighted by Crippen LogP contribution is 2.36. The van der Waals surface area contributed by atoms with E-state index >= 15 is 0 Å². The standard InChI is InChI=1S/C17H24N2O4S/c1-14(20)17(15-6-3-2-4-7-15)9-11-19(12-10-17)16(21)8-5-13-24(18,22)23/h2-4,6-7H,5,8-13H2,1H3,(H2,18,22,23). The van der Waals surface area contributed by atoms with Crippen molar-refractivity contribution in [3.05, 3.63) is 35.9 Å². The fraction of sp³-hybridized carbons (Fsp3) is 0.529. The molecule has 1 heterocycles. The van der Waals surface area contributed by atoms with Gasteiger partial charge in [0.1, 0.15) is 5.78 Å². The first-order chi connectivity index (χ1) is 11.2. The summed E-state index contributed by atoms with van der Waals surface area (Å²) < 4.78 is 21.8. The van der Waals surface area contributed by atoms with Gasteiger partial charge in [-0.1, -0.05) is 30.3 Å². The van der Waals surface area contributed by atoms with E-state index in [0.717, 1.165) is 5.56 Å². The van der Waals surface area contributed by atoms with Crippen molar-refractivity contribution >= 4 is 21.7 Å². The van der Waals surface area contributed by atoms with Gasteiger partial charge in [0, 0.05) is 19.5 Å². The van der Waals surface area contributed by atoms with Gasteiger partial charge in [0.05, 0.1) is 11.2 Å². The molecular weight excluding hydrogens is 328 g/mol. The highest BCUT2D eigenvalue weighted by Gasteiger charge is 2.41. The van der Waals surface area contributed by atoms with Crippen LogP contribution in [0.5, 0.6) is 0 Å². The van der Waals surface area contributed by atoms with Gasteiger partial charge in [0.25, 0.3) is 0 Å². The van der Waals surface area contributed by atoms with Gasteiger partial charge in [-0.05, 0) is 31.7 Å². The third-order valence-electron chi connectivity index (χ3n) is 4.79. The summed E-state index contributed by atoms with van der Waals surface area (Å²) >= 11 is 0. The summed E-state index contributed by atoms with van der Waals surface area (Å²) in [6.45, 7) is 2.61. The third-order valence-corrected chi connectivity index (χ3v) is 5.65. The maximum atomic E-state index is 12.3. The van der Waals surface area contributed by atoms with E-state index in [4.69, 9.17) is 5.14 Å². The number of carbonyl (C=O) groups is 2. The number of rotatable bonds is 6. The molecule has 0 spiro atoms. The summed E-state index contributed by atoms with van der Waals surface area (Å²) in [6.07, 6.45) is 1.57. The Kier molecular flexibility index (Phi) is 5.77. The fourth-order valence-electron chi connectivity index (χ4n) is 3.32. The SMILES string of the molecule is CC(=O)C1(c2ccccc2)CCN(C(=O)CCCS(N)(=O)=O)CC1. The van der Waals surface area contributed by atoms with Crippen LogP contribution in [0.15, 0.2) is 30.3 Å². The minimum Gasteiger partial charge on any atom is -0.343 e. The highest BCUT2D eigenvalue weighted by atomic mass is 32.2. The number of likely N-dealkylation sites (tertiary alicyclic amines) is 1. The van der Waals surface area contributed by atoms with Gasteiger partial charge >= 0.3 is 0 Å². The largest absolute Gasteiger partial charge is 0.343 e. The van der Waals surface area contributed by atoms with E-state index in [1.807, 2.05) is 30.3 Å². The number of benzene rings is 1. The number of piperidine rings is 1. The Bertz CT molecular complexity index is 693. The van der Waals surface area contributed by atoms with Gasteiger partial charge in [0.15, 0.2) is 0 Å². The van der Waals surface area contributed by atoms with Crippen LogP contribution in [0.2, 0.25) is 0 Å². The Morgan fingerprint density at radius 1 is 1.17 bits per heavy atom. The Labute approximate surface area is 143 Å². The van der Waals surface area contributed by atoms with Crippen LogP contribution in [0.25, 0.3) is 0 Å². The van der Waals surface area contributed by atoms with Gasteiger partial charge in [0.2, 0.25) is 15.9 Å². The van der Waals surface area contributed by atoms with E-state index in [1.54, 1.807) is 11.8 Å². The zero-order valence-electron chi connectivity index (χ0n) is 13.9. The molecule has 1 aliphatic rings. The number of nitrogens with two attached hydrogens (primary N) is 1. The average molecular weight is 352 g/mol. The van der Waals surface area contributed by atoms with Crippen molar-refractivity contribution in [3.63, 3.8) is 0 Å². The Morgan fingerprint density at radius 2 is 1.75 bits per heavy atom. The minimum atomic E-state index is -3.53. The average Bonchev–Trinajstić information content (AvgIpc) is 2.54. The maximum Gasteiger partial charge on any atom is 0.222 e. The van der Waals surface area contributed by atoms with Crippen molar-refractivity contribution in [2.24, 2.45) is 5.14 Å². The Balaban J connectivity index is 1.98. The lowest BCUT2D eigenvalue weighted by Gasteiger charge is -2.40. The molecule has 0 saturated carbocycles. The first-order valence-electron chi connectivity index (χ1n) is 8.09. The summed E-state index contributed by atoms with van der Waals surface area (Å²) in [5.41, 5.74) is 0.470. The quantitative estimate of drug-likeness (QED) is 0.832. The van der Waals surface area contributed by atoms with Crippen molar-refractivity contribution < 1.29 is 18.0 Å². The molecule has 1 amide bonds. The molecule has 1 fully saturated rings. The van der Waals surface area contributed by atoms with E-state index in [9.17, 15) is 18.0 Å². The lowest BCUT2D eigenvalue weighted by atomic mass is 9.70. The molecule has 0 aromatic heterocycles. The number of hydrogen-bond donors (Lipinski definition) is 1. The van der Waals surface area contributed by atoms with Crippen LogP contribution in [-0.2, 0) is 25.0 Å². The van der Waals surface area contributed by atoms with Gasteiger partial charge in [-0.25, -0.2) is 13.6 Å². The summed E-state index contributed by atoms with van der Waals surface area (Å²) in [6, 6.07) is 9.69. The number of Topliss-reactive ketones (excluding diaryl/α,β-unsaturated/α-hetero) is 1. The van der Waals surface area contributed by atoms with Crippen LogP contribution in [0.4, 0.5) is 0 Å². The molecule has 1 aromatic rings. The molecule has 0 atom stereocenters. The lowest BCUT2D eigenvalue weighted by Crippen LogP contribution is -2.48. The summed E-state index contributed by atoms with van der Waals surface area (Å²) in [5.74, 6) is -0.146. The summed E-state index contributed by atoms with van der Waals surface area (Å²) in [4.78, 5) is 26.2. The molecular formula is C17H24N2O4S. The number of sulfonamides is 1. The normalized spacial score (nSPS) is 17.5. The van der Waals surface area contributed by atoms with Crippen molar-refractivity contribution in [1.82, 2.24) is 4.90 Å². The number of carbonyl (C=O) groups excluding carboxylic acids is 2. The smallest absolute Gasteiger partial charge is 0.222 e. The second-order valence-electron chi connectivity index (χ2n) is 6.36. The molecule has 2 rings (SSSR count). The van der Waals surface area contributed by atoms with Crippen LogP contribution in [0.1, 0.15) is 38.2 Å². The number of amides is 1. The molecule has 24 heavy (non-hydrogen) atoms. The zero-order valence-corrected chi connectivity index (χ0v) is 14.7. The van der Waals surface area contributed by atoms with Crippen molar-refractivity contribution in [2.45, 2.75) is 38.0 Å². The molecule has 1 aromatic carbocycles. The molecule has 1 saturated heterocycles. The molecule has 0 bridgehead atoms. The van der Waals surface area contributed by atoms with E-state index in [1.165, 1.54) is 0 Å². The third kappa shape index (κ3) is 4.42. The minimum absolute atomic E-state index is 0.0798. The molecule has 6 nitrogen and oxygen atoms in total. The maximum absolute atomic E-state index is 12.3. The molecule has 0 radical (unpaired) electrons.